The molecule has 100 valence electrons. The van der Waals surface area contributed by atoms with E-state index in [1.54, 1.807) is 6.92 Å². The molecule has 3 N–H and O–H groups in total. The van der Waals surface area contributed by atoms with Crippen LogP contribution < -0.4 is 67.1 Å². The number of nitrogens with one attached hydrogen (secondary N) is 2. The van der Waals surface area contributed by atoms with Gasteiger partial charge in [0.05, 0.1) is 12.1 Å². The van der Waals surface area contributed by atoms with Crippen molar-refractivity contribution in [2.45, 2.75) is 38.3 Å². The molecule has 6 heteroatoms. The topological polar surface area (TPSA) is 84.4 Å². The van der Waals surface area contributed by atoms with E-state index in [4.69, 9.17) is 0 Å². The van der Waals surface area contributed by atoms with E-state index in [2.05, 4.69) is 17.2 Å². The van der Waals surface area contributed by atoms with Gasteiger partial charge in [-0.1, -0.05) is 6.08 Å². The third-order valence-electron chi connectivity index (χ3n) is 2.43. The summed E-state index contributed by atoms with van der Waals surface area (Å²) < 4.78 is 0. The number of aliphatic hydroxyl groups excluding tert-OH is 1. The molecule has 0 aliphatic heterocycles. The number of carboxylic acid groups (broad SMARTS) is 1. The van der Waals surface area contributed by atoms with E-state index in [1.165, 1.54) is 0 Å². The molecule has 0 bridgehead atoms. The molecule has 0 rings (SSSR count). The van der Waals surface area contributed by atoms with Crippen LogP contribution in [0.5, 0.6) is 0 Å². The van der Waals surface area contributed by atoms with Crippen molar-refractivity contribution in [3.63, 3.8) is 0 Å². The van der Waals surface area contributed by atoms with Crippen LogP contribution in [-0.4, -0.2) is 42.9 Å². The SMILES string of the molecule is C=CCCCC(O)CNCCNC(C)C(=O)[O-].[K+]. The summed E-state index contributed by atoms with van der Waals surface area (Å²) in [6.07, 6.45) is 4.09. The van der Waals surface area contributed by atoms with Gasteiger partial charge in [0.25, 0.3) is 0 Å². The zero-order chi connectivity index (χ0) is 13.1. The minimum Gasteiger partial charge on any atom is -0.548 e. The largest absolute Gasteiger partial charge is 1.00 e. The van der Waals surface area contributed by atoms with Crippen molar-refractivity contribution in [2.75, 3.05) is 19.6 Å². The van der Waals surface area contributed by atoms with Crippen LogP contribution in [0.15, 0.2) is 12.7 Å². The first-order chi connectivity index (χ1) is 8.07. The van der Waals surface area contributed by atoms with Crippen LogP contribution in [0.25, 0.3) is 0 Å². The predicted molar refractivity (Wildman–Crippen MR) is 65.4 cm³/mol. The fraction of sp³-hybridized carbons (Fsp3) is 0.750. The first kappa shape index (κ1) is 21.0. The number of allylic oxidation sites excluding steroid dienone is 1. The second-order valence-corrected chi connectivity index (χ2v) is 4.07. The summed E-state index contributed by atoms with van der Waals surface area (Å²) in [4.78, 5) is 10.4. The van der Waals surface area contributed by atoms with Gasteiger partial charge in [-0.05, 0) is 26.2 Å². The fourth-order valence-corrected chi connectivity index (χ4v) is 1.33. The van der Waals surface area contributed by atoms with Crippen molar-refractivity contribution in [1.29, 1.82) is 0 Å². The van der Waals surface area contributed by atoms with Crippen molar-refractivity contribution in [1.82, 2.24) is 10.6 Å². The van der Waals surface area contributed by atoms with Crippen LogP contribution in [0.2, 0.25) is 0 Å². The molecule has 0 saturated heterocycles. The molecule has 0 fully saturated rings. The first-order valence-corrected chi connectivity index (χ1v) is 6.01. The van der Waals surface area contributed by atoms with Gasteiger partial charge in [-0.2, -0.15) is 0 Å². The number of aliphatic carboxylic acids is 1. The molecule has 0 aromatic heterocycles. The van der Waals surface area contributed by atoms with Crippen molar-refractivity contribution >= 4 is 5.97 Å². The molecule has 0 spiro atoms. The van der Waals surface area contributed by atoms with Crippen LogP contribution in [0.4, 0.5) is 0 Å². The molecule has 0 aromatic carbocycles. The van der Waals surface area contributed by atoms with E-state index in [9.17, 15) is 15.0 Å². The van der Waals surface area contributed by atoms with Gasteiger partial charge in [0.15, 0.2) is 0 Å². The van der Waals surface area contributed by atoms with Gasteiger partial charge < -0.3 is 25.6 Å². The Morgan fingerprint density at radius 2 is 2.17 bits per heavy atom. The molecule has 18 heavy (non-hydrogen) atoms. The number of rotatable bonds is 11. The Kier molecular flexibility index (Phi) is 16.5. The van der Waals surface area contributed by atoms with E-state index < -0.39 is 12.0 Å². The summed E-state index contributed by atoms with van der Waals surface area (Å²) in [6, 6.07) is -0.644. The monoisotopic (exact) mass is 282 g/mol. The number of carbonyl (C=O) groups is 1. The standard InChI is InChI=1S/C12H24N2O3.K/c1-3-4-5-6-11(15)9-13-7-8-14-10(2)12(16)17;/h3,10-11,13-15H,1,4-9H2,2H3,(H,16,17);/q;+1/p-1. The predicted octanol–water partition coefficient (Wildman–Crippen LogP) is -3.97. The van der Waals surface area contributed by atoms with Crippen LogP contribution in [0.1, 0.15) is 26.2 Å². The molecule has 0 heterocycles. The van der Waals surface area contributed by atoms with E-state index in [-0.39, 0.29) is 57.5 Å². The van der Waals surface area contributed by atoms with Crippen molar-refractivity contribution in [3.05, 3.63) is 12.7 Å². The Morgan fingerprint density at radius 1 is 1.50 bits per heavy atom. The molecular weight excluding hydrogens is 259 g/mol. The van der Waals surface area contributed by atoms with Crippen LogP contribution in [-0.2, 0) is 4.79 Å². The van der Waals surface area contributed by atoms with Gasteiger partial charge in [0.1, 0.15) is 0 Å². The van der Waals surface area contributed by atoms with Crippen molar-refractivity contribution < 1.29 is 66.4 Å². The van der Waals surface area contributed by atoms with Crippen molar-refractivity contribution in [3.8, 4) is 0 Å². The third-order valence-corrected chi connectivity index (χ3v) is 2.43. The smallest absolute Gasteiger partial charge is 0.548 e. The number of carbonyl (C=O) groups excluding carboxylic acids is 1. The zero-order valence-corrected chi connectivity index (χ0v) is 14.6. The summed E-state index contributed by atoms with van der Waals surface area (Å²) in [5.74, 6) is -1.10. The van der Waals surface area contributed by atoms with Crippen molar-refractivity contribution in [2.24, 2.45) is 0 Å². The van der Waals surface area contributed by atoms with Crippen LogP contribution in [0, 0.1) is 0 Å². The molecule has 0 aromatic rings. The molecule has 0 aliphatic rings. The van der Waals surface area contributed by atoms with Gasteiger partial charge in [-0.3, -0.25) is 0 Å². The maximum atomic E-state index is 10.4. The Balaban J connectivity index is 0. The normalized spacial score (nSPS) is 13.4. The summed E-state index contributed by atoms with van der Waals surface area (Å²) in [5.41, 5.74) is 0. The summed E-state index contributed by atoms with van der Waals surface area (Å²) in [5, 5.41) is 25.8. The Hall–Kier alpha value is 0.726. The number of aliphatic hydroxyl groups is 1. The maximum absolute atomic E-state index is 10.4. The Morgan fingerprint density at radius 3 is 2.72 bits per heavy atom. The average molecular weight is 282 g/mol. The van der Waals surface area contributed by atoms with E-state index in [0.29, 0.717) is 19.6 Å². The summed E-state index contributed by atoms with van der Waals surface area (Å²) in [6.45, 7) is 6.84. The quantitative estimate of drug-likeness (QED) is 0.204. The Labute approximate surface area is 152 Å². The molecule has 2 unspecified atom stereocenters. The van der Waals surface area contributed by atoms with E-state index in [0.717, 1.165) is 19.3 Å². The molecule has 0 radical (unpaired) electrons. The van der Waals surface area contributed by atoms with Gasteiger partial charge >= 0.3 is 51.4 Å². The number of hydrogen-bond acceptors (Lipinski definition) is 5. The van der Waals surface area contributed by atoms with Gasteiger partial charge in [-0.15, -0.1) is 6.58 Å². The maximum Gasteiger partial charge on any atom is 1.00 e. The molecule has 0 saturated carbocycles. The first-order valence-electron chi connectivity index (χ1n) is 6.01. The molecular formula is C12H23KN2O3. The third kappa shape index (κ3) is 13.2. The minimum absolute atomic E-state index is 0. The van der Waals surface area contributed by atoms with Gasteiger partial charge in [0.2, 0.25) is 0 Å². The average Bonchev–Trinajstić information content (AvgIpc) is 2.28. The number of hydrogen-bond donors (Lipinski definition) is 3. The number of carboxylic acids is 1. The molecule has 2 atom stereocenters. The number of unbranched alkanes of at least 4 members (excludes halogenated alkanes) is 1. The molecule has 0 amide bonds. The van der Waals surface area contributed by atoms with Gasteiger partial charge in [-0.25, -0.2) is 0 Å². The minimum atomic E-state index is -1.10. The molecule has 0 aliphatic carbocycles. The second kappa shape index (κ2) is 14.1. The second-order valence-electron chi connectivity index (χ2n) is 4.07. The summed E-state index contributed by atoms with van der Waals surface area (Å²) >= 11 is 0. The van der Waals surface area contributed by atoms with Crippen LogP contribution >= 0.6 is 0 Å². The van der Waals surface area contributed by atoms with E-state index >= 15 is 0 Å². The Bertz CT molecular complexity index is 227. The van der Waals surface area contributed by atoms with E-state index in [1.807, 2.05) is 6.08 Å². The van der Waals surface area contributed by atoms with Crippen LogP contribution in [0.3, 0.4) is 0 Å². The fourth-order valence-electron chi connectivity index (χ4n) is 1.33. The zero-order valence-electron chi connectivity index (χ0n) is 11.4. The summed E-state index contributed by atoms with van der Waals surface area (Å²) in [7, 11) is 0. The molecule has 5 nitrogen and oxygen atoms in total. The van der Waals surface area contributed by atoms with Gasteiger partial charge in [0, 0.05) is 25.7 Å².